The number of nitro benzene ring substituents is 1. The molecular weight excluding hydrogens is 364 g/mol. The van der Waals surface area contributed by atoms with E-state index in [1.54, 1.807) is 0 Å². The summed E-state index contributed by atoms with van der Waals surface area (Å²) in [5, 5.41) is 13.4. The third-order valence-corrected chi connectivity index (χ3v) is 4.17. The van der Waals surface area contributed by atoms with Gasteiger partial charge in [0.1, 0.15) is 5.75 Å². The Labute approximate surface area is 162 Å². The number of hydrogen-bond acceptors (Lipinski definition) is 6. The van der Waals surface area contributed by atoms with Crippen LogP contribution in [0.15, 0.2) is 48.5 Å². The molecule has 2 aromatic carbocycles. The van der Waals surface area contributed by atoms with Crippen LogP contribution in [0.25, 0.3) is 0 Å². The number of ether oxygens (including phenoxy) is 2. The lowest BCUT2D eigenvalue weighted by Crippen LogP contribution is -2.30. The molecule has 0 fully saturated rings. The molecule has 0 heterocycles. The van der Waals surface area contributed by atoms with E-state index >= 15 is 0 Å². The van der Waals surface area contributed by atoms with Gasteiger partial charge in [-0.3, -0.25) is 19.7 Å². The zero-order valence-electron chi connectivity index (χ0n) is 15.9. The molecule has 148 valence electrons. The summed E-state index contributed by atoms with van der Waals surface area (Å²) in [6.45, 7) is 3.33. The van der Waals surface area contributed by atoms with Crippen molar-refractivity contribution >= 4 is 23.3 Å². The molecule has 2 atom stereocenters. The molecule has 0 aliphatic heterocycles. The zero-order chi connectivity index (χ0) is 20.7. The molecule has 0 unspecified atom stereocenters. The average molecular weight is 386 g/mol. The van der Waals surface area contributed by atoms with Gasteiger partial charge in [-0.25, -0.2) is 0 Å². The molecule has 2 rings (SSSR count). The Morgan fingerprint density at radius 1 is 1.14 bits per heavy atom. The van der Waals surface area contributed by atoms with E-state index in [-0.39, 0.29) is 29.5 Å². The number of esters is 1. The van der Waals surface area contributed by atoms with Gasteiger partial charge in [0, 0.05) is 12.1 Å². The normalized spacial score (nSPS) is 12.5. The van der Waals surface area contributed by atoms with E-state index in [2.05, 4.69) is 5.32 Å². The Kier molecular flexibility index (Phi) is 7.08. The van der Waals surface area contributed by atoms with E-state index in [1.165, 1.54) is 32.2 Å². The summed E-state index contributed by atoms with van der Waals surface area (Å²) < 4.78 is 10.3. The molecule has 0 aliphatic carbocycles. The maximum atomic E-state index is 12.3. The van der Waals surface area contributed by atoms with E-state index in [9.17, 15) is 19.7 Å². The van der Waals surface area contributed by atoms with Crippen LogP contribution in [0.5, 0.6) is 5.75 Å². The number of non-ortho nitro benzene ring substituents is 1. The summed E-state index contributed by atoms with van der Waals surface area (Å²) in [7, 11) is 1.38. The topological polar surface area (TPSA) is 108 Å². The number of methoxy groups -OCH3 is 1. The van der Waals surface area contributed by atoms with Gasteiger partial charge in [0.25, 0.3) is 11.6 Å². The van der Waals surface area contributed by atoms with Gasteiger partial charge in [-0.15, -0.1) is 0 Å². The molecule has 1 N–H and O–H groups in total. The number of benzene rings is 2. The molecule has 2 aromatic rings. The highest BCUT2D eigenvalue weighted by Gasteiger charge is 2.22. The predicted octanol–water partition coefficient (Wildman–Crippen LogP) is 3.67. The fourth-order valence-corrected chi connectivity index (χ4v) is 2.59. The van der Waals surface area contributed by atoms with Crippen LogP contribution in [0.2, 0.25) is 0 Å². The number of carbonyl (C=O) groups is 2. The van der Waals surface area contributed by atoms with Gasteiger partial charge in [0.2, 0.25) is 0 Å². The van der Waals surface area contributed by atoms with Crippen LogP contribution < -0.4 is 10.1 Å². The second-order valence-electron chi connectivity index (χ2n) is 6.28. The number of nitrogens with zero attached hydrogens (tertiary/aromatic N) is 1. The van der Waals surface area contributed by atoms with Crippen molar-refractivity contribution in [1.82, 2.24) is 0 Å². The Hall–Kier alpha value is -3.42. The molecule has 0 bridgehead atoms. The first-order chi connectivity index (χ1) is 13.3. The summed E-state index contributed by atoms with van der Waals surface area (Å²) in [6, 6.07) is 13.3. The van der Waals surface area contributed by atoms with Crippen LogP contribution in [0.1, 0.15) is 31.7 Å². The first-order valence-electron chi connectivity index (χ1n) is 8.69. The Balaban J connectivity index is 1.98. The molecule has 8 nitrogen and oxygen atoms in total. The van der Waals surface area contributed by atoms with E-state index < -0.39 is 22.9 Å². The average Bonchev–Trinajstić information content (AvgIpc) is 2.68. The summed E-state index contributed by atoms with van der Waals surface area (Å²) >= 11 is 0. The zero-order valence-corrected chi connectivity index (χ0v) is 15.9. The predicted molar refractivity (Wildman–Crippen MR) is 103 cm³/mol. The lowest BCUT2D eigenvalue weighted by molar-refractivity contribution is -0.384. The largest absolute Gasteiger partial charge is 0.495 e. The summed E-state index contributed by atoms with van der Waals surface area (Å²) in [5.74, 6) is -0.916. The number of rotatable bonds is 8. The van der Waals surface area contributed by atoms with Gasteiger partial charge in [-0.1, -0.05) is 37.3 Å². The van der Waals surface area contributed by atoms with Crippen molar-refractivity contribution in [1.29, 1.82) is 0 Å². The van der Waals surface area contributed by atoms with Crippen molar-refractivity contribution in [3.8, 4) is 5.75 Å². The second kappa shape index (κ2) is 9.50. The molecule has 28 heavy (non-hydrogen) atoms. The monoisotopic (exact) mass is 386 g/mol. The Bertz CT molecular complexity index is 853. The van der Waals surface area contributed by atoms with Crippen molar-refractivity contribution in [3.63, 3.8) is 0 Å². The molecule has 0 saturated heterocycles. The van der Waals surface area contributed by atoms with Crippen molar-refractivity contribution in [3.05, 3.63) is 64.2 Å². The molecular formula is C20H22N2O6. The standard InChI is InChI=1S/C20H22N2O6/c1-13(15-7-5-4-6-8-15)11-19(23)28-14(2)20(24)21-17-12-16(22(25)26)9-10-18(17)27-3/h4-10,12-14H,11H2,1-3H3,(H,21,24)/t13-,14+/m0/s1. The maximum absolute atomic E-state index is 12.3. The number of anilines is 1. The van der Waals surface area contributed by atoms with Gasteiger partial charge in [-0.05, 0) is 24.5 Å². The molecule has 0 aliphatic rings. The van der Waals surface area contributed by atoms with Crippen molar-refractivity contribution in [2.45, 2.75) is 32.3 Å². The van der Waals surface area contributed by atoms with Gasteiger partial charge >= 0.3 is 5.97 Å². The van der Waals surface area contributed by atoms with Crippen LogP contribution >= 0.6 is 0 Å². The quantitative estimate of drug-likeness (QED) is 0.421. The van der Waals surface area contributed by atoms with Crippen LogP contribution in [0, 0.1) is 10.1 Å². The molecule has 0 aromatic heterocycles. The third kappa shape index (κ3) is 5.54. The molecule has 0 saturated carbocycles. The lowest BCUT2D eigenvalue weighted by atomic mass is 9.98. The summed E-state index contributed by atoms with van der Waals surface area (Å²) in [4.78, 5) is 34.8. The minimum atomic E-state index is -1.07. The highest BCUT2D eigenvalue weighted by molar-refractivity contribution is 5.96. The molecule has 1 amide bonds. The number of amides is 1. The molecule has 0 spiro atoms. The van der Waals surface area contributed by atoms with Crippen LogP contribution in [-0.4, -0.2) is 30.0 Å². The summed E-state index contributed by atoms with van der Waals surface area (Å²) in [6.07, 6.45) is -0.943. The number of carbonyl (C=O) groups excluding carboxylic acids is 2. The first kappa shape index (κ1) is 20.9. The van der Waals surface area contributed by atoms with Crippen molar-refractivity contribution in [2.75, 3.05) is 12.4 Å². The Morgan fingerprint density at radius 3 is 2.43 bits per heavy atom. The second-order valence-corrected chi connectivity index (χ2v) is 6.28. The smallest absolute Gasteiger partial charge is 0.307 e. The lowest BCUT2D eigenvalue weighted by Gasteiger charge is -2.16. The molecule has 0 radical (unpaired) electrons. The summed E-state index contributed by atoms with van der Waals surface area (Å²) in [5.41, 5.74) is 0.928. The van der Waals surface area contributed by atoms with Crippen molar-refractivity contribution in [2.24, 2.45) is 0 Å². The number of nitrogens with one attached hydrogen (secondary N) is 1. The Morgan fingerprint density at radius 2 is 1.82 bits per heavy atom. The number of nitro groups is 1. The minimum Gasteiger partial charge on any atom is -0.495 e. The highest BCUT2D eigenvalue weighted by atomic mass is 16.6. The van der Waals surface area contributed by atoms with Gasteiger partial charge in [-0.2, -0.15) is 0 Å². The number of hydrogen-bond donors (Lipinski definition) is 1. The van der Waals surface area contributed by atoms with Crippen LogP contribution in [0.4, 0.5) is 11.4 Å². The van der Waals surface area contributed by atoms with Gasteiger partial charge < -0.3 is 14.8 Å². The van der Waals surface area contributed by atoms with Crippen LogP contribution in [0.3, 0.4) is 0 Å². The van der Waals surface area contributed by atoms with E-state index in [4.69, 9.17) is 9.47 Å². The fourth-order valence-electron chi connectivity index (χ4n) is 2.59. The van der Waals surface area contributed by atoms with E-state index in [0.29, 0.717) is 0 Å². The fraction of sp³-hybridized carbons (Fsp3) is 0.300. The van der Waals surface area contributed by atoms with E-state index in [1.807, 2.05) is 37.3 Å². The van der Waals surface area contributed by atoms with Crippen molar-refractivity contribution < 1.29 is 24.0 Å². The van der Waals surface area contributed by atoms with Crippen LogP contribution in [-0.2, 0) is 14.3 Å². The molecule has 8 heteroatoms. The van der Waals surface area contributed by atoms with E-state index in [0.717, 1.165) is 5.56 Å². The van der Waals surface area contributed by atoms with Gasteiger partial charge in [0.05, 0.1) is 24.1 Å². The highest BCUT2D eigenvalue weighted by Crippen LogP contribution is 2.29. The first-order valence-corrected chi connectivity index (χ1v) is 8.69. The maximum Gasteiger partial charge on any atom is 0.307 e. The third-order valence-electron chi connectivity index (χ3n) is 4.17. The van der Waals surface area contributed by atoms with Gasteiger partial charge in [0.15, 0.2) is 6.10 Å². The minimum absolute atomic E-state index is 0.0548. The SMILES string of the molecule is COc1ccc([N+](=O)[O-])cc1NC(=O)[C@@H](C)OC(=O)C[C@H](C)c1ccccc1.